The van der Waals surface area contributed by atoms with Crippen molar-refractivity contribution < 1.29 is 5.11 Å². The van der Waals surface area contributed by atoms with Gasteiger partial charge < -0.3 is 15.3 Å². The molecule has 2 unspecified atom stereocenters. The number of aliphatic hydroxyl groups is 1. The Morgan fingerprint density at radius 1 is 1.12 bits per heavy atom. The van der Waals surface area contributed by atoms with Crippen LogP contribution in [-0.2, 0) is 0 Å². The van der Waals surface area contributed by atoms with E-state index in [2.05, 4.69) is 65.7 Å². The number of nitrogens with one attached hydrogen (secondary N) is 1. The highest BCUT2D eigenvalue weighted by Crippen LogP contribution is 2.24. The van der Waals surface area contributed by atoms with Gasteiger partial charge in [-0.15, -0.1) is 0 Å². The molecule has 0 rings (SSSR count). The van der Waals surface area contributed by atoms with E-state index in [9.17, 15) is 5.11 Å². The first-order valence-corrected chi connectivity index (χ1v) is 6.60. The van der Waals surface area contributed by atoms with Gasteiger partial charge >= 0.3 is 0 Å². The first kappa shape index (κ1) is 16.9. The van der Waals surface area contributed by atoms with Crippen molar-refractivity contribution in [3.63, 3.8) is 0 Å². The predicted molar refractivity (Wildman–Crippen MR) is 75.3 cm³/mol. The van der Waals surface area contributed by atoms with Gasteiger partial charge in [-0.1, -0.05) is 34.6 Å². The molecular formula is C14H32N2O. The quantitative estimate of drug-likeness (QED) is 0.751. The van der Waals surface area contributed by atoms with Gasteiger partial charge in [-0.2, -0.15) is 0 Å². The SMILES string of the molecule is CC(C)NC(C)(CO)CN(C)C(C)C(C)(C)C. The number of rotatable bonds is 6. The van der Waals surface area contributed by atoms with Crippen LogP contribution in [0.4, 0.5) is 0 Å². The van der Waals surface area contributed by atoms with E-state index >= 15 is 0 Å². The summed E-state index contributed by atoms with van der Waals surface area (Å²) in [5.74, 6) is 0. The molecule has 3 heteroatoms. The first-order valence-electron chi connectivity index (χ1n) is 6.60. The summed E-state index contributed by atoms with van der Waals surface area (Å²) in [4.78, 5) is 2.33. The van der Waals surface area contributed by atoms with Crippen LogP contribution in [0.25, 0.3) is 0 Å². The summed E-state index contributed by atoms with van der Waals surface area (Å²) in [5, 5.41) is 13.0. The molecule has 17 heavy (non-hydrogen) atoms. The molecule has 0 amide bonds. The molecule has 3 nitrogen and oxygen atoms in total. The van der Waals surface area contributed by atoms with Crippen molar-refractivity contribution in [3.8, 4) is 0 Å². The predicted octanol–water partition coefficient (Wildman–Crippen LogP) is 2.10. The fraction of sp³-hybridized carbons (Fsp3) is 1.00. The molecule has 0 heterocycles. The maximum absolute atomic E-state index is 9.58. The van der Waals surface area contributed by atoms with Crippen molar-refractivity contribution in [1.29, 1.82) is 0 Å². The maximum atomic E-state index is 9.58. The second kappa shape index (κ2) is 6.17. The first-order chi connectivity index (χ1) is 7.52. The maximum Gasteiger partial charge on any atom is 0.0623 e. The van der Waals surface area contributed by atoms with Gasteiger partial charge in [0.15, 0.2) is 0 Å². The summed E-state index contributed by atoms with van der Waals surface area (Å²) >= 11 is 0. The van der Waals surface area contributed by atoms with E-state index in [0.29, 0.717) is 12.1 Å². The Balaban J connectivity index is 4.57. The third-order valence-corrected chi connectivity index (χ3v) is 3.50. The van der Waals surface area contributed by atoms with Crippen molar-refractivity contribution in [1.82, 2.24) is 10.2 Å². The third-order valence-electron chi connectivity index (χ3n) is 3.50. The number of nitrogens with zero attached hydrogens (tertiary/aromatic N) is 1. The highest BCUT2D eigenvalue weighted by Gasteiger charge is 2.31. The molecule has 2 N–H and O–H groups in total. The van der Waals surface area contributed by atoms with Crippen molar-refractivity contribution in [2.45, 2.75) is 66.1 Å². The van der Waals surface area contributed by atoms with Crippen LogP contribution in [0.1, 0.15) is 48.5 Å². The second-order valence-electron chi connectivity index (χ2n) is 6.97. The van der Waals surface area contributed by atoms with Crippen LogP contribution in [-0.4, -0.2) is 47.8 Å². The number of aliphatic hydroxyl groups excluding tert-OH is 1. The Hall–Kier alpha value is -0.120. The molecule has 0 fully saturated rings. The molecule has 0 aromatic carbocycles. The summed E-state index contributed by atoms with van der Waals surface area (Å²) in [7, 11) is 2.13. The van der Waals surface area contributed by atoms with E-state index in [4.69, 9.17) is 0 Å². The van der Waals surface area contributed by atoms with E-state index < -0.39 is 0 Å². The minimum atomic E-state index is -0.234. The van der Waals surface area contributed by atoms with Crippen molar-refractivity contribution in [2.24, 2.45) is 5.41 Å². The minimum absolute atomic E-state index is 0.159. The molecule has 0 aromatic heterocycles. The highest BCUT2D eigenvalue weighted by molar-refractivity contribution is 4.89. The van der Waals surface area contributed by atoms with E-state index in [1.54, 1.807) is 0 Å². The van der Waals surface area contributed by atoms with Crippen molar-refractivity contribution in [3.05, 3.63) is 0 Å². The van der Waals surface area contributed by atoms with Crippen molar-refractivity contribution in [2.75, 3.05) is 20.2 Å². The van der Waals surface area contributed by atoms with Crippen molar-refractivity contribution >= 4 is 0 Å². The van der Waals surface area contributed by atoms with E-state index in [1.165, 1.54) is 0 Å². The molecular weight excluding hydrogens is 212 g/mol. The van der Waals surface area contributed by atoms with Gasteiger partial charge in [0.2, 0.25) is 0 Å². The number of likely N-dealkylation sites (N-methyl/N-ethyl adjacent to an activating group) is 1. The molecule has 0 spiro atoms. The van der Waals surface area contributed by atoms with Crippen LogP contribution in [0, 0.1) is 5.41 Å². The average Bonchev–Trinajstić information content (AvgIpc) is 2.13. The summed E-state index contributed by atoms with van der Waals surface area (Å²) in [6.45, 7) is 16.3. The Kier molecular flexibility index (Phi) is 6.12. The third kappa shape index (κ3) is 5.84. The van der Waals surface area contributed by atoms with E-state index in [-0.39, 0.29) is 17.6 Å². The molecule has 0 aliphatic rings. The molecule has 104 valence electrons. The zero-order chi connectivity index (χ0) is 13.9. The summed E-state index contributed by atoms with van der Waals surface area (Å²) in [5.41, 5.74) is 0.0192. The standard InChI is InChI=1S/C14H32N2O/c1-11(2)15-14(7,10-17)9-16(8)12(3)13(4,5)6/h11-12,15,17H,9-10H2,1-8H3. The van der Waals surface area contributed by atoms with Crippen LogP contribution in [0.5, 0.6) is 0 Å². The lowest BCUT2D eigenvalue weighted by Gasteiger charge is -2.41. The lowest BCUT2D eigenvalue weighted by Crippen LogP contribution is -2.57. The van der Waals surface area contributed by atoms with E-state index in [1.807, 2.05) is 0 Å². The molecule has 2 atom stereocenters. The van der Waals surface area contributed by atoms with Gasteiger partial charge in [0.05, 0.1) is 12.1 Å². The zero-order valence-corrected chi connectivity index (χ0v) is 13.0. The lowest BCUT2D eigenvalue weighted by atomic mass is 9.86. The lowest BCUT2D eigenvalue weighted by molar-refractivity contribution is 0.0738. The van der Waals surface area contributed by atoms with Gasteiger partial charge in [0.1, 0.15) is 0 Å². The van der Waals surface area contributed by atoms with Gasteiger partial charge in [-0.25, -0.2) is 0 Å². The Morgan fingerprint density at radius 3 is 1.88 bits per heavy atom. The fourth-order valence-electron chi connectivity index (χ4n) is 2.19. The summed E-state index contributed by atoms with van der Waals surface area (Å²) in [6.07, 6.45) is 0. The zero-order valence-electron chi connectivity index (χ0n) is 13.0. The number of hydrogen-bond acceptors (Lipinski definition) is 3. The smallest absolute Gasteiger partial charge is 0.0623 e. The van der Waals surface area contributed by atoms with Gasteiger partial charge in [-0.3, -0.25) is 0 Å². The Labute approximate surface area is 108 Å². The fourth-order valence-corrected chi connectivity index (χ4v) is 2.19. The topological polar surface area (TPSA) is 35.5 Å². The van der Waals surface area contributed by atoms with Crippen LogP contribution in [0.15, 0.2) is 0 Å². The Morgan fingerprint density at radius 2 is 1.59 bits per heavy atom. The molecule has 0 radical (unpaired) electrons. The molecule has 0 saturated heterocycles. The Bertz CT molecular complexity index is 223. The van der Waals surface area contributed by atoms with Crippen LogP contribution < -0.4 is 5.32 Å². The van der Waals surface area contributed by atoms with Crippen LogP contribution >= 0.6 is 0 Å². The van der Waals surface area contributed by atoms with Gasteiger partial charge in [0, 0.05) is 18.6 Å². The summed E-state index contributed by atoms with van der Waals surface area (Å²) in [6, 6.07) is 0.854. The normalized spacial score (nSPS) is 18.5. The molecule has 0 aliphatic heterocycles. The largest absolute Gasteiger partial charge is 0.394 e. The number of hydrogen-bond donors (Lipinski definition) is 2. The van der Waals surface area contributed by atoms with Crippen LogP contribution in [0.2, 0.25) is 0 Å². The minimum Gasteiger partial charge on any atom is -0.394 e. The van der Waals surface area contributed by atoms with E-state index in [0.717, 1.165) is 6.54 Å². The second-order valence-corrected chi connectivity index (χ2v) is 6.97. The van der Waals surface area contributed by atoms with Gasteiger partial charge in [-0.05, 0) is 26.3 Å². The molecule has 0 bridgehead atoms. The molecule has 0 aliphatic carbocycles. The average molecular weight is 244 g/mol. The monoisotopic (exact) mass is 244 g/mol. The molecule has 0 aromatic rings. The summed E-state index contributed by atoms with van der Waals surface area (Å²) < 4.78 is 0. The molecule has 0 saturated carbocycles. The highest BCUT2D eigenvalue weighted by atomic mass is 16.3. The van der Waals surface area contributed by atoms with Gasteiger partial charge in [0.25, 0.3) is 0 Å². The van der Waals surface area contributed by atoms with Crippen LogP contribution in [0.3, 0.4) is 0 Å².